The van der Waals surface area contributed by atoms with Gasteiger partial charge in [0.1, 0.15) is 36.3 Å². The third kappa shape index (κ3) is 5.78. The summed E-state index contributed by atoms with van der Waals surface area (Å²) in [5, 5.41) is -0.390. The molecule has 3 aromatic carbocycles. The van der Waals surface area contributed by atoms with Crippen LogP contribution in [0.3, 0.4) is 0 Å². The zero-order valence-corrected chi connectivity index (χ0v) is 18.2. The standard InChI is InChI=1S/C25H19F2NO4S/c26-19-7-5-17(6-8-19)16-32-22-4-2-1-3-18(22)15-23-24(29)28(25(30)33-23)13-14-31-21-11-9-20(27)10-12-21/h1-12,15H,13-14,16H2/b23-15-. The van der Waals surface area contributed by atoms with Gasteiger partial charge in [0, 0.05) is 5.56 Å². The molecule has 0 spiro atoms. The molecule has 1 aliphatic heterocycles. The molecule has 0 aliphatic carbocycles. The summed E-state index contributed by atoms with van der Waals surface area (Å²) in [5.74, 6) is -0.126. The van der Waals surface area contributed by atoms with Gasteiger partial charge in [-0.15, -0.1) is 0 Å². The van der Waals surface area contributed by atoms with Crippen molar-refractivity contribution in [2.24, 2.45) is 0 Å². The molecule has 0 N–H and O–H groups in total. The lowest BCUT2D eigenvalue weighted by Gasteiger charge is -2.13. The maximum absolute atomic E-state index is 13.1. The number of carbonyl (C=O) groups excluding carboxylic acids is 2. The first-order valence-corrected chi connectivity index (χ1v) is 10.9. The van der Waals surface area contributed by atoms with Gasteiger partial charge in [0.15, 0.2) is 0 Å². The number of benzene rings is 3. The quantitative estimate of drug-likeness (QED) is 0.400. The van der Waals surface area contributed by atoms with E-state index in [0.29, 0.717) is 17.1 Å². The molecule has 2 amide bonds. The van der Waals surface area contributed by atoms with Crippen molar-refractivity contribution < 1.29 is 27.8 Å². The van der Waals surface area contributed by atoms with Crippen molar-refractivity contribution in [3.63, 3.8) is 0 Å². The van der Waals surface area contributed by atoms with Gasteiger partial charge in [-0.05, 0) is 65.9 Å². The fraction of sp³-hybridized carbons (Fsp3) is 0.120. The molecular weight excluding hydrogens is 448 g/mol. The SMILES string of the molecule is O=C1S/C(=C\c2ccccc2OCc2ccc(F)cc2)C(=O)N1CCOc1ccc(F)cc1. The van der Waals surface area contributed by atoms with E-state index in [1.165, 1.54) is 36.4 Å². The number of thioether (sulfide) groups is 1. The third-order valence-electron chi connectivity index (χ3n) is 4.78. The smallest absolute Gasteiger partial charge is 0.293 e. The van der Waals surface area contributed by atoms with E-state index in [1.807, 2.05) is 0 Å². The second-order valence-electron chi connectivity index (χ2n) is 7.09. The van der Waals surface area contributed by atoms with E-state index in [2.05, 4.69) is 0 Å². The van der Waals surface area contributed by atoms with E-state index in [0.717, 1.165) is 22.2 Å². The molecule has 0 atom stereocenters. The van der Waals surface area contributed by atoms with Crippen LogP contribution in [0.25, 0.3) is 6.08 Å². The van der Waals surface area contributed by atoms with Crippen LogP contribution in [0.15, 0.2) is 77.7 Å². The topological polar surface area (TPSA) is 55.8 Å². The van der Waals surface area contributed by atoms with E-state index >= 15 is 0 Å². The average Bonchev–Trinajstić information content (AvgIpc) is 3.08. The first-order chi connectivity index (χ1) is 16.0. The van der Waals surface area contributed by atoms with Gasteiger partial charge in [0.25, 0.3) is 11.1 Å². The summed E-state index contributed by atoms with van der Waals surface area (Å²) in [7, 11) is 0. The van der Waals surface area contributed by atoms with Gasteiger partial charge in [-0.3, -0.25) is 14.5 Å². The highest BCUT2D eigenvalue weighted by molar-refractivity contribution is 8.18. The van der Waals surface area contributed by atoms with Crippen LogP contribution in [0.5, 0.6) is 11.5 Å². The number of amides is 2. The Morgan fingerprint density at radius 2 is 1.52 bits per heavy atom. The minimum absolute atomic E-state index is 0.0715. The first-order valence-electron chi connectivity index (χ1n) is 10.1. The molecule has 0 radical (unpaired) electrons. The second kappa shape index (κ2) is 10.3. The van der Waals surface area contributed by atoms with Crippen LogP contribution in [0.2, 0.25) is 0 Å². The molecule has 0 saturated carbocycles. The fourth-order valence-electron chi connectivity index (χ4n) is 3.09. The minimum Gasteiger partial charge on any atom is -0.492 e. The highest BCUT2D eigenvalue weighted by Crippen LogP contribution is 2.34. The van der Waals surface area contributed by atoms with Gasteiger partial charge in [-0.2, -0.15) is 0 Å². The predicted molar refractivity (Wildman–Crippen MR) is 122 cm³/mol. The lowest BCUT2D eigenvalue weighted by molar-refractivity contribution is -0.123. The van der Waals surface area contributed by atoms with Gasteiger partial charge in [-0.1, -0.05) is 30.3 Å². The molecule has 0 unspecified atom stereocenters. The van der Waals surface area contributed by atoms with Crippen LogP contribution in [0, 0.1) is 11.6 Å². The molecule has 1 saturated heterocycles. The van der Waals surface area contributed by atoms with Crippen molar-refractivity contribution in [3.8, 4) is 11.5 Å². The molecule has 0 aromatic heterocycles. The molecule has 1 fully saturated rings. The second-order valence-corrected chi connectivity index (χ2v) is 8.08. The van der Waals surface area contributed by atoms with Crippen molar-refractivity contribution in [2.45, 2.75) is 6.61 Å². The first kappa shape index (κ1) is 22.5. The molecule has 0 bridgehead atoms. The summed E-state index contributed by atoms with van der Waals surface area (Å²) in [6.45, 7) is 0.393. The Kier molecular flexibility index (Phi) is 7.04. The maximum Gasteiger partial charge on any atom is 0.293 e. The zero-order chi connectivity index (χ0) is 23.2. The monoisotopic (exact) mass is 467 g/mol. The molecule has 33 heavy (non-hydrogen) atoms. The van der Waals surface area contributed by atoms with Crippen LogP contribution < -0.4 is 9.47 Å². The Bertz CT molecular complexity index is 1180. The molecule has 1 heterocycles. The number of carbonyl (C=O) groups is 2. The number of imide groups is 1. The fourth-order valence-corrected chi connectivity index (χ4v) is 3.95. The van der Waals surface area contributed by atoms with Crippen molar-refractivity contribution in [2.75, 3.05) is 13.2 Å². The molecule has 5 nitrogen and oxygen atoms in total. The van der Waals surface area contributed by atoms with Gasteiger partial charge in [-0.25, -0.2) is 8.78 Å². The Balaban J connectivity index is 1.40. The van der Waals surface area contributed by atoms with E-state index in [1.54, 1.807) is 42.5 Å². The summed E-state index contributed by atoms with van der Waals surface area (Å²) < 4.78 is 37.4. The summed E-state index contributed by atoms with van der Waals surface area (Å²) >= 11 is 0.846. The van der Waals surface area contributed by atoms with Crippen molar-refractivity contribution >= 4 is 29.0 Å². The Labute approximate surface area is 193 Å². The normalized spacial score (nSPS) is 14.7. The van der Waals surface area contributed by atoms with Crippen molar-refractivity contribution in [1.29, 1.82) is 0 Å². The third-order valence-corrected chi connectivity index (χ3v) is 5.69. The number of hydrogen-bond donors (Lipinski definition) is 0. The Hall–Kier alpha value is -3.65. The summed E-state index contributed by atoms with van der Waals surface area (Å²) in [5.41, 5.74) is 1.44. The summed E-state index contributed by atoms with van der Waals surface area (Å²) in [6.07, 6.45) is 1.62. The van der Waals surface area contributed by atoms with Crippen LogP contribution in [0.1, 0.15) is 11.1 Å². The van der Waals surface area contributed by atoms with E-state index < -0.39 is 11.1 Å². The van der Waals surface area contributed by atoms with Crippen LogP contribution in [0.4, 0.5) is 13.6 Å². The minimum atomic E-state index is -0.416. The number of para-hydroxylation sites is 1. The lowest BCUT2D eigenvalue weighted by atomic mass is 10.1. The van der Waals surface area contributed by atoms with Gasteiger partial charge >= 0.3 is 0 Å². The molecule has 3 aromatic rings. The Morgan fingerprint density at radius 3 is 2.24 bits per heavy atom. The number of ether oxygens (including phenoxy) is 2. The highest BCUT2D eigenvalue weighted by Gasteiger charge is 2.35. The Morgan fingerprint density at radius 1 is 0.848 bits per heavy atom. The van der Waals surface area contributed by atoms with Crippen molar-refractivity contribution in [1.82, 2.24) is 4.90 Å². The summed E-state index contributed by atoms with van der Waals surface area (Å²) in [6, 6.07) is 18.6. The number of nitrogens with zero attached hydrogens (tertiary/aromatic N) is 1. The molecule has 8 heteroatoms. The van der Waals surface area contributed by atoms with Gasteiger partial charge in [0.05, 0.1) is 11.4 Å². The predicted octanol–water partition coefficient (Wildman–Crippen LogP) is 5.66. The van der Waals surface area contributed by atoms with Gasteiger partial charge < -0.3 is 9.47 Å². The van der Waals surface area contributed by atoms with E-state index in [-0.39, 0.29) is 36.3 Å². The molecule has 4 rings (SSSR count). The maximum atomic E-state index is 13.1. The average molecular weight is 467 g/mol. The van der Waals surface area contributed by atoms with E-state index in [9.17, 15) is 18.4 Å². The number of halogens is 2. The summed E-state index contributed by atoms with van der Waals surface area (Å²) in [4.78, 5) is 26.5. The highest BCUT2D eigenvalue weighted by atomic mass is 32.2. The van der Waals surface area contributed by atoms with Gasteiger partial charge in [0.2, 0.25) is 0 Å². The zero-order valence-electron chi connectivity index (χ0n) is 17.4. The molecule has 168 valence electrons. The molecule has 1 aliphatic rings. The van der Waals surface area contributed by atoms with Crippen LogP contribution in [-0.2, 0) is 11.4 Å². The number of rotatable bonds is 8. The van der Waals surface area contributed by atoms with Crippen molar-refractivity contribution in [3.05, 3.63) is 100 Å². The lowest BCUT2D eigenvalue weighted by Crippen LogP contribution is -2.32. The number of hydrogen-bond acceptors (Lipinski definition) is 5. The van der Waals surface area contributed by atoms with E-state index in [4.69, 9.17) is 9.47 Å². The van der Waals surface area contributed by atoms with Crippen LogP contribution >= 0.6 is 11.8 Å². The largest absolute Gasteiger partial charge is 0.492 e. The molecular formula is C25H19F2NO4S. The van der Waals surface area contributed by atoms with Crippen LogP contribution in [-0.4, -0.2) is 29.2 Å².